The van der Waals surface area contributed by atoms with Crippen LogP contribution in [0.2, 0.25) is 0 Å². The Morgan fingerprint density at radius 3 is 2.73 bits per heavy atom. The Morgan fingerprint density at radius 1 is 1.32 bits per heavy atom. The molecular formula is C15H17N3OS3. The first-order valence-corrected chi connectivity index (χ1v) is 9.92. The Kier molecular flexibility index (Phi) is 5.38. The lowest BCUT2D eigenvalue weighted by atomic mass is 10.1. The van der Waals surface area contributed by atoms with E-state index >= 15 is 0 Å². The van der Waals surface area contributed by atoms with Crippen molar-refractivity contribution in [2.45, 2.75) is 39.7 Å². The quantitative estimate of drug-likeness (QED) is 0.770. The number of amides is 1. The fraction of sp³-hybridized carbons (Fsp3) is 0.400. The molecule has 1 heterocycles. The van der Waals surface area contributed by atoms with Crippen molar-refractivity contribution >= 4 is 40.8 Å². The molecule has 1 atom stereocenters. The summed E-state index contributed by atoms with van der Waals surface area (Å²) in [6.07, 6.45) is 2.18. The van der Waals surface area contributed by atoms with Crippen molar-refractivity contribution in [3.8, 4) is 0 Å². The van der Waals surface area contributed by atoms with E-state index in [0.717, 1.165) is 32.8 Å². The van der Waals surface area contributed by atoms with Crippen molar-refractivity contribution in [3.05, 3.63) is 35.9 Å². The Bertz CT molecular complexity index is 628. The van der Waals surface area contributed by atoms with E-state index in [1.807, 2.05) is 30.3 Å². The fourth-order valence-corrected chi connectivity index (χ4v) is 5.05. The van der Waals surface area contributed by atoms with Crippen molar-refractivity contribution in [3.63, 3.8) is 0 Å². The first kappa shape index (κ1) is 15.8. The van der Waals surface area contributed by atoms with Gasteiger partial charge in [-0.1, -0.05) is 72.1 Å². The zero-order valence-corrected chi connectivity index (χ0v) is 14.6. The predicted molar refractivity (Wildman–Crippen MR) is 92.5 cm³/mol. The molecule has 0 radical (unpaired) electrons. The van der Waals surface area contributed by atoms with Gasteiger partial charge in [-0.15, -0.1) is 10.2 Å². The summed E-state index contributed by atoms with van der Waals surface area (Å²) in [7, 11) is 0. The van der Waals surface area contributed by atoms with Gasteiger partial charge in [-0.2, -0.15) is 0 Å². The van der Waals surface area contributed by atoms with Crippen LogP contribution < -0.4 is 5.32 Å². The lowest BCUT2D eigenvalue weighted by Gasteiger charge is -2.15. The van der Waals surface area contributed by atoms with Crippen LogP contribution in [0.3, 0.4) is 0 Å². The van der Waals surface area contributed by atoms with Gasteiger partial charge < -0.3 is 5.32 Å². The maximum absolute atomic E-state index is 12.6. The Labute approximate surface area is 142 Å². The molecule has 1 aliphatic carbocycles. The van der Waals surface area contributed by atoms with Crippen LogP contribution in [0.25, 0.3) is 0 Å². The number of benzene rings is 1. The average molecular weight is 352 g/mol. The van der Waals surface area contributed by atoms with Crippen LogP contribution in [0.5, 0.6) is 0 Å². The molecule has 0 aliphatic heterocycles. The van der Waals surface area contributed by atoms with Gasteiger partial charge >= 0.3 is 0 Å². The number of carbonyl (C=O) groups is 1. The third kappa shape index (κ3) is 4.24. The summed E-state index contributed by atoms with van der Waals surface area (Å²) in [4.78, 5) is 12.6. The Balaban J connectivity index is 1.76. The van der Waals surface area contributed by atoms with Crippen LogP contribution in [0.4, 0.5) is 0 Å². The highest BCUT2D eigenvalue weighted by molar-refractivity contribution is 8.03. The van der Waals surface area contributed by atoms with Crippen molar-refractivity contribution in [1.29, 1.82) is 0 Å². The number of hydrogen-bond donors (Lipinski definition) is 1. The van der Waals surface area contributed by atoms with E-state index in [9.17, 15) is 4.79 Å². The van der Waals surface area contributed by atoms with Crippen LogP contribution >= 0.6 is 34.9 Å². The molecule has 0 unspecified atom stereocenters. The van der Waals surface area contributed by atoms with Gasteiger partial charge in [0, 0.05) is 6.04 Å². The van der Waals surface area contributed by atoms with E-state index in [-0.39, 0.29) is 11.2 Å². The molecule has 1 aromatic heterocycles. The second-order valence-electron chi connectivity index (χ2n) is 4.96. The number of thioether (sulfide) groups is 2. The molecule has 2 aromatic rings. The van der Waals surface area contributed by atoms with Crippen molar-refractivity contribution in [2.75, 3.05) is 5.75 Å². The Morgan fingerprint density at radius 2 is 2.05 bits per heavy atom. The molecule has 0 bridgehead atoms. The normalized spacial score (nSPS) is 15.5. The molecule has 1 saturated carbocycles. The van der Waals surface area contributed by atoms with Crippen molar-refractivity contribution < 1.29 is 4.79 Å². The molecule has 1 amide bonds. The molecule has 0 spiro atoms. The van der Waals surface area contributed by atoms with Crippen LogP contribution in [0, 0.1) is 0 Å². The van der Waals surface area contributed by atoms with Gasteiger partial charge in [-0.3, -0.25) is 4.79 Å². The number of hydrogen-bond acceptors (Lipinski definition) is 6. The van der Waals surface area contributed by atoms with Crippen LogP contribution in [0.15, 0.2) is 39.0 Å². The summed E-state index contributed by atoms with van der Waals surface area (Å²) in [5.41, 5.74) is 1.01. The molecule has 0 saturated heterocycles. The maximum Gasteiger partial charge on any atom is 0.238 e. The summed E-state index contributed by atoms with van der Waals surface area (Å²) >= 11 is 4.72. The van der Waals surface area contributed by atoms with Crippen LogP contribution in [0.1, 0.15) is 30.6 Å². The summed E-state index contributed by atoms with van der Waals surface area (Å²) in [5, 5.41) is 11.2. The number of rotatable bonds is 7. The van der Waals surface area contributed by atoms with Crippen molar-refractivity contribution in [2.24, 2.45) is 0 Å². The minimum absolute atomic E-state index is 0.0681. The SMILES string of the molecule is CCSc1nnc(S[C@H](C(=O)NC2CC2)c2ccccc2)s1. The topological polar surface area (TPSA) is 54.9 Å². The van der Waals surface area contributed by atoms with Gasteiger partial charge in [-0.05, 0) is 24.2 Å². The summed E-state index contributed by atoms with van der Waals surface area (Å²) in [5.74, 6) is 1.04. The molecule has 3 rings (SSSR count). The molecule has 116 valence electrons. The summed E-state index contributed by atoms with van der Waals surface area (Å²) < 4.78 is 1.80. The molecule has 1 aliphatic rings. The van der Waals surface area contributed by atoms with Gasteiger partial charge in [0.05, 0.1) is 0 Å². The first-order valence-electron chi connectivity index (χ1n) is 7.24. The predicted octanol–water partition coefficient (Wildman–Crippen LogP) is 3.76. The minimum Gasteiger partial charge on any atom is -0.352 e. The van der Waals surface area contributed by atoms with E-state index in [1.54, 1.807) is 23.1 Å². The number of nitrogens with one attached hydrogen (secondary N) is 1. The largest absolute Gasteiger partial charge is 0.352 e. The smallest absolute Gasteiger partial charge is 0.238 e. The van der Waals surface area contributed by atoms with Crippen LogP contribution in [-0.4, -0.2) is 27.9 Å². The van der Waals surface area contributed by atoms with E-state index in [1.165, 1.54) is 11.8 Å². The summed E-state index contributed by atoms with van der Waals surface area (Å²) in [6.45, 7) is 2.09. The molecule has 1 N–H and O–H groups in total. The van der Waals surface area contributed by atoms with E-state index in [2.05, 4.69) is 22.4 Å². The minimum atomic E-state index is -0.269. The lowest BCUT2D eigenvalue weighted by Crippen LogP contribution is -2.29. The zero-order valence-electron chi connectivity index (χ0n) is 12.2. The number of aromatic nitrogens is 2. The fourth-order valence-electron chi connectivity index (χ4n) is 1.93. The average Bonchev–Trinajstić information content (AvgIpc) is 3.23. The highest BCUT2D eigenvalue weighted by Crippen LogP contribution is 2.39. The lowest BCUT2D eigenvalue weighted by molar-refractivity contribution is -0.120. The Hall–Kier alpha value is -1.05. The highest BCUT2D eigenvalue weighted by atomic mass is 32.2. The monoisotopic (exact) mass is 351 g/mol. The van der Waals surface area contributed by atoms with Crippen LogP contribution in [-0.2, 0) is 4.79 Å². The van der Waals surface area contributed by atoms with E-state index < -0.39 is 0 Å². The van der Waals surface area contributed by atoms with Gasteiger partial charge in [0.15, 0.2) is 8.68 Å². The first-order chi connectivity index (χ1) is 10.8. The van der Waals surface area contributed by atoms with E-state index in [0.29, 0.717) is 6.04 Å². The summed E-state index contributed by atoms with van der Waals surface area (Å²) in [6, 6.07) is 10.2. The number of carbonyl (C=O) groups excluding carboxylic acids is 1. The number of nitrogens with zero attached hydrogens (tertiary/aromatic N) is 2. The third-order valence-corrected chi connectivity index (χ3v) is 6.42. The van der Waals surface area contributed by atoms with Gasteiger partial charge in [0.1, 0.15) is 5.25 Å². The van der Waals surface area contributed by atoms with Crippen molar-refractivity contribution in [1.82, 2.24) is 15.5 Å². The molecule has 7 heteroatoms. The maximum atomic E-state index is 12.6. The molecular weight excluding hydrogens is 334 g/mol. The third-order valence-electron chi connectivity index (χ3n) is 3.14. The van der Waals surface area contributed by atoms with E-state index in [4.69, 9.17) is 0 Å². The highest BCUT2D eigenvalue weighted by Gasteiger charge is 2.29. The van der Waals surface area contributed by atoms with Gasteiger partial charge in [0.25, 0.3) is 0 Å². The zero-order chi connectivity index (χ0) is 15.4. The van der Waals surface area contributed by atoms with Gasteiger partial charge in [-0.25, -0.2) is 0 Å². The molecule has 4 nitrogen and oxygen atoms in total. The molecule has 1 aromatic carbocycles. The molecule has 22 heavy (non-hydrogen) atoms. The molecule has 1 fully saturated rings. The second-order valence-corrected chi connectivity index (χ2v) is 8.80. The van der Waals surface area contributed by atoms with Gasteiger partial charge in [0.2, 0.25) is 5.91 Å². The second kappa shape index (κ2) is 7.48. The standard InChI is InChI=1S/C15H17N3OS3/c1-2-20-14-17-18-15(22-14)21-12(10-6-4-3-5-7-10)13(19)16-11-8-9-11/h3-7,11-12H,2,8-9H2,1H3,(H,16,19)/t12-/m0/s1.